The predicted molar refractivity (Wildman–Crippen MR) is 151 cm³/mol. The third-order valence-corrected chi connectivity index (χ3v) is 7.41. The normalized spacial score (nSPS) is 11.7. The number of aromatic nitrogens is 1. The van der Waals surface area contributed by atoms with E-state index in [1.807, 2.05) is 12.1 Å². The molecule has 1 aromatic carbocycles. The Morgan fingerprint density at radius 3 is 2.67 bits per heavy atom. The Kier molecular flexibility index (Phi) is 7.99. The highest BCUT2D eigenvalue weighted by molar-refractivity contribution is 7.18. The number of hydrogen-bond acceptors (Lipinski definition) is 11. The van der Waals surface area contributed by atoms with Crippen molar-refractivity contribution in [2.75, 3.05) is 11.9 Å². The number of benzene rings is 1. The molecular formula is C28H25N3O6S2. The average Bonchev–Trinajstić information content (AvgIpc) is 3.48. The SMILES string of the molecule is CCOC(=O)c1c(N/C=C(/C#N)c2nc(-c3cc4ccccc4oc3=O)cs2)sc(C(=O)OC(C)(C)C)c1C. The smallest absolute Gasteiger partial charge is 0.349 e. The van der Waals surface area contributed by atoms with E-state index in [1.165, 1.54) is 17.5 Å². The second kappa shape index (κ2) is 11.2. The molecule has 0 aliphatic rings. The number of ether oxygens (including phenoxy) is 2. The minimum atomic E-state index is -0.718. The van der Waals surface area contributed by atoms with Gasteiger partial charge < -0.3 is 19.2 Å². The third-order valence-electron chi connectivity index (χ3n) is 5.33. The van der Waals surface area contributed by atoms with Crippen molar-refractivity contribution in [1.82, 2.24) is 4.98 Å². The summed E-state index contributed by atoms with van der Waals surface area (Å²) in [5, 5.41) is 15.9. The molecule has 11 heteroatoms. The van der Waals surface area contributed by atoms with Gasteiger partial charge in [0.15, 0.2) is 0 Å². The van der Waals surface area contributed by atoms with Crippen LogP contribution >= 0.6 is 22.7 Å². The zero-order valence-corrected chi connectivity index (χ0v) is 23.5. The van der Waals surface area contributed by atoms with Gasteiger partial charge in [-0.1, -0.05) is 18.2 Å². The van der Waals surface area contributed by atoms with E-state index in [0.29, 0.717) is 26.8 Å². The van der Waals surface area contributed by atoms with Gasteiger partial charge in [0.2, 0.25) is 0 Å². The molecule has 200 valence electrons. The number of anilines is 1. The fraction of sp³-hybridized carbons (Fsp3) is 0.250. The number of hydrogen-bond donors (Lipinski definition) is 1. The molecule has 0 saturated heterocycles. The number of allylic oxidation sites excluding steroid dienone is 1. The maximum Gasteiger partial charge on any atom is 0.349 e. The van der Waals surface area contributed by atoms with Crippen LogP contribution in [0.5, 0.6) is 0 Å². The van der Waals surface area contributed by atoms with Crippen LogP contribution in [0.4, 0.5) is 5.00 Å². The van der Waals surface area contributed by atoms with Crippen molar-refractivity contribution in [2.24, 2.45) is 0 Å². The van der Waals surface area contributed by atoms with Gasteiger partial charge in [-0.05, 0) is 52.3 Å². The van der Waals surface area contributed by atoms with E-state index in [0.717, 1.165) is 16.7 Å². The molecule has 0 bridgehead atoms. The minimum Gasteiger partial charge on any atom is -0.462 e. The molecule has 0 atom stereocenters. The Morgan fingerprint density at radius 1 is 1.23 bits per heavy atom. The minimum absolute atomic E-state index is 0.152. The Hall–Kier alpha value is -4.27. The number of rotatable bonds is 7. The Bertz CT molecular complexity index is 1700. The summed E-state index contributed by atoms with van der Waals surface area (Å²) >= 11 is 2.21. The van der Waals surface area contributed by atoms with Crippen LogP contribution in [0.1, 0.15) is 58.3 Å². The van der Waals surface area contributed by atoms with Crippen molar-refractivity contribution in [3.8, 4) is 17.3 Å². The summed E-state index contributed by atoms with van der Waals surface area (Å²) in [5.74, 6) is -1.16. The fourth-order valence-corrected chi connectivity index (χ4v) is 5.45. The van der Waals surface area contributed by atoms with Gasteiger partial charge >= 0.3 is 17.6 Å². The number of thiazole rings is 1. The molecule has 4 rings (SSSR count). The van der Waals surface area contributed by atoms with E-state index in [2.05, 4.69) is 16.4 Å². The highest BCUT2D eigenvalue weighted by Gasteiger charge is 2.28. The summed E-state index contributed by atoms with van der Waals surface area (Å²) in [4.78, 5) is 42.8. The average molecular weight is 564 g/mol. The van der Waals surface area contributed by atoms with Gasteiger partial charge in [-0.3, -0.25) is 0 Å². The first-order valence-electron chi connectivity index (χ1n) is 11.9. The number of carbonyl (C=O) groups excluding carboxylic acids is 2. The van der Waals surface area contributed by atoms with E-state index in [1.54, 1.807) is 58.2 Å². The zero-order chi connectivity index (χ0) is 28.3. The maximum absolute atomic E-state index is 12.8. The lowest BCUT2D eigenvalue weighted by Crippen LogP contribution is -2.23. The maximum atomic E-state index is 12.8. The van der Waals surface area contributed by atoms with Crippen molar-refractivity contribution in [1.29, 1.82) is 5.26 Å². The van der Waals surface area contributed by atoms with Crippen molar-refractivity contribution in [3.05, 3.63) is 73.3 Å². The first kappa shape index (κ1) is 27.8. The van der Waals surface area contributed by atoms with E-state index in [4.69, 9.17) is 13.9 Å². The number of carbonyl (C=O) groups is 2. The van der Waals surface area contributed by atoms with E-state index < -0.39 is 23.2 Å². The van der Waals surface area contributed by atoms with Crippen LogP contribution in [0, 0.1) is 18.3 Å². The van der Waals surface area contributed by atoms with E-state index >= 15 is 0 Å². The second-order valence-corrected chi connectivity index (χ2v) is 11.2. The van der Waals surface area contributed by atoms with E-state index in [-0.39, 0.29) is 28.2 Å². The zero-order valence-electron chi connectivity index (χ0n) is 21.9. The Balaban J connectivity index is 1.67. The van der Waals surface area contributed by atoms with Gasteiger partial charge in [0.25, 0.3) is 0 Å². The van der Waals surface area contributed by atoms with Crippen LogP contribution in [0.15, 0.2) is 51.1 Å². The second-order valence-electron chi connectivity index (χ2n) is 9.32. The fourth-order valence-electron chi connectivity index (χ4n) is 3.62. The van der Waals surface area contributed by atoms with Crippen LogP contribution in [-0.2, 0) is 9.47 Å². The van der Waals surface area contributed by atoms with Crippen LogP contribution < -0.4 is 10.9 Å². The summed E-state index contributed by atoms with van der Waals surface area (Å²) in [7, 11) is 0. The first-order valence-corrected chi connectivity index (χ1v) is 13.6. The molecule has 39 heavy (non-hydrogen) atoms. The number of nitrogens with one attached hydrogen (secondary N) is 1. The predicted octanol–water partition coefficient (Wildman–Crippen LogP) is 6.40. The summed E-state index contributed by atoms with van der Waals surface area (Å²) < 4.78 is 16.1. The van der Waals surface area contributed by atoms with E-state index in [9.17, 15) is 19.6 Å². The first-order chi connectivity index (χ1) is 18.5. The molecule has 1 N–H and O–H groups in total. The summed E-state index contributed by atoms with van der Waals surface area (Å²) in [6.07, 6.45) is 1.40. The molecule has 3 heterocycles. The van der Waals surface area contributed by atoms with Gasteiger partial charge in [0, 0.05) is 17.0 Å². The van der Waals surface area contributed by atoms with Crippen molar-refractivity contribution in [2.45, 2.75) is 40.2 Å². The molecule has 0 saturated carbocycles. The molecule has 4 aromatic rings. The summed E-state index contributed by atoms with van der Waals surface area (Å²) in [5.41, 5.74) is 0.641. The van der Waals surface area contributed by atoms with Crippen LogP contribution in [0.2, 0.25) is 0 Å². The monoisotopic (exact) mass is 563 g/mol. The van der Waals surface area contributed by atoms with Gasteiger partial charge in [0.1, 0.15) is 37.7 Å². The van der Waals surface area contributed by atoms with Crippen molar-refractivity contribution >= 4 is 56.2 Å². The third kappa shape index (κ3) is 6.08. The molecule has 9 nitrogen and oxygen atoms in total. The molecule has 0 aliphatic heterocycles. The molecule has 0 fully saturated rings. The van der Waals surface area contributed by atoms with Gasteiger partial charge in [-0.25, -0.2) is 19.4 Å². The molecule has 0 radical (unpaired) electrons. The highest BCUT2D eigenvalue weighted by atomic mass is 32.1. The van der Waals surface area contributed by atoms with Gasteiger partial charge in [-0.15, -0.1) is 22.7 Å². The lowest BCUT2D eigenvalue weighted by molar-refractivity contribution is 0.00745. The largest absolute Gasteiger partial charge is 0.462 e. The van der Waals surface area contributed by atoms with Gasteiger partial charge in [-0.2, -0.15) is 5.26 Å². The molecule has 0 spiro atoms. The number of esters is 2. The molecule has 0 aliphatic carbocycles. The lowest BCUT2D eigenvalue weighted by Gasteiger charge is -2.19. The number of fused-ring (bicyclic) bond motifs is 1. The quantitative estimate of drug-likeness (QED) is 0.154. The summed E-state index contributed by atoms with van der Waals surface area (Å²) in [6.45, 7) is 8.75. The highest BCUT2D eigenvalue weighted by Crippen LogP contribution is 2.36. The number of thiophene rings is 1. The Morgan fingerprint density at radius 2 is 1.97 bits per heavy atom. The summed E-state index contributed by atoms with van der Waals surface area (Å²) in [6, 6.07) is 10.9. The topological polar surface area (TPSA) is 132 Å². The molecule has 3 aromatic heterocycles. The number of nitrogens with zero attached hydrogens (tertiary/aromatic N) is 2. The van der Waals surface area contributed by atoms with Crippen LogP contribution in [0.3, 0.4) is 0 Å². The molecule has 0 unspecified atom stereocenters. The van der Waals surface area contributed by atoms with Gasteiger partial charge in [0.05, 0.1) is 23.4 Å². The standard InChI is InChI=1S/C28H25N3O6S2/c1-6-35-26(33)21-15(2)22(27(34)37-28(3,4)5)39-24(21)30-13-17(12-29)23-31-19(14-38-23)18-11-16-9-7-8-10-20(16)36-25(18)32/h7-11,13-14,30H,6H2,1-5H3/b17-13-. The lowest BCUT2D eigenvalue weighted by atomic mass is 10.1. The number of nitriles is 1. The Labute approximate surface area is 232 Å². The van der Waals surface area contributed by atoms with Crippen LogP contribution in [-0.4, -0.2) is 29.1 Å². The van der Waals surface area contributed by atoms with Crippen LogP contribution in [0.25, 0.3) is 27.8 Å². The number of para-hydroxylation sites is 1. The molecule has 0 amide bonds. The molecular weight excluding hydrogens is 538 g/mol. The van der Waals surface area contributed by atoms with Crippen molar-refractivity contribution < 1.29 is 23.5 Å². The van der Waals surface area contributed by atoms with Crippen molar-refractivity contribution in [3.63, 3.8) is 0 Å².